The third kappa shape index (κ3) is 3.70. The molecule has 0 unspecified atom stereocenters. The first kappa shape index (κ1) is 13.6. The second-order valence-electron chi connectivity index (χ2n) is 2.93. The molecule has 0 radical (unpaired) electrons. The summed E-state index contributed by atoms with van der Waals surface area (Å²) in [7, 11) is 7.24. The molecule has 3 heteroatoms. The van der Waals surface area contributed by atoms with E-state index in [-0.39, 0.29) is 0 Å². The zero-order chi connectivity index (χ0) is 11.8. The van der Waals surface area contributed by atoms with E-state index in [0.29, 0.717) is 0 Å². The standard InChI is InChI=1S/C10H15NO2.C2H6/c1-11(2)8-5-6-9(12-3)10(7-8)13-4;1-2/h5-7H,1-4H3;1-2H3. The van der Waals surface area contributed by atoms with Gasteiger partial charge in [-0.25, -0.2) is 0 Å². The summed E-state index contributed by atoms with van der Waals surface area (Å²) in [4.78, 5) is 2.02. The number of ether oxygens (including phenoxy) is 2. The van der Waals surface area contributed by atoms with Gasteiger partial charge in [-0.1, -0.05) is 13.8 Å². The molecule has 0 bridgehead atoms. The molecule has 1 aromatic carbocycles. The van der Waals surface area contributed by atoms with Gasteiger partial charge < -0.3 is 14.4 Å². The molecule has 0 saturated heterocycles. The number of hydrogen-bond donors (Lipinski definition) is 0. The summed E-state index contributed by atoms with van der Waals surface area (Å²) in [6.07, 6.45) is 0. The van der Waals surface area contributed by atoms with Gasteiger partial charge in [0.1, 0.15) is 0 Å². The molecular formula is C12H21NO2. The number of benzene rings is 1. The van der Waals surface area contributed by atoms with Gasteiger partial charge in [-0.3, -0.25) is 0 Å². The third-order valence-electron chi connectivity index (χ3n) is 1.88. The molecule has 0 fully saturated rings. The van der Waals surface area contributed by atoms with E-state index in [1.54, 1.807) is 14.2 Å². The molecule has 3 nitrogen and oxygen atoms in total. The van der Waals surface area contributed by atoms with Gasteiger partial charge in [-0.05, 0) is 12.1 Å². The summed E-state index contributed by atoms with van der Waals surface area (Å²) < 4.78 is 10.3. The predicted octanol–water partition coefficient (Wildman–Crippen LogP) is 2.80. The average Bonchev–Trinajstić information content (AvgIpc) is 2.30. The van der Waals surface area contributed by atoms with Crippen molar-refractivity contribution in [2.75, 3.05) is 33.2 Å². The van der Waals surface area contributed by atoms with E-state index in [4.69, 9.17) is 9.47 Å². The smallest absolute Gasteiger partial charge is 0.162 e. The molecule has 0 atom stereocenters. The molecule has 0 heterocycles. The van der Waals surface area contributed by atoms with Crippen LogP contribution < -0.4 is 14.4 Å². The van der Waals surface area contributed by atoms with Gasteiger partial charge >= 0.3 is 0 Å². The van der Waals surface area contributed by atoms with Crippen molar-refractivity contribution in [1.82, 2.24) is 0 Å². The van der Waals surface area contributed by atoms with Crippen molar-refractivity contribution in [2.45, 2.75) is 13.8 Å². The van der Waals surface area contributed by atoms with E-state index in [9.17, 15) is 0 Å². The molecule has 0 amide bonds. The van der Waals surface area contributed by atoms with Crippen molar-refractivity contribution in [2.24, 2.45) is 0 Å². The van der Waals surface area contributed by atoms with Crippen molar-refractivity contribution < 1.29 is 9.47 Å². The van der Waals surface area contributed by atoms with Crippen molar-refractivity contribution >= 4 is 5.69 Å². The van der Waals surface area contributed by atoms with E-state index in [1.165, 1.54) is 0 Å². The van der Waals surface area contributed by atoms with Crippen LogP contribution in [0.25, 0.3) is 0 Å². The molecule has 0 aliphatic carbocycles. The highest BCUT2D eigenvalue weighted by atomic mass is 16.5. The highest BCUT2D eigenvalue weighted by Crippen LogP contribution is 2.30. The average molecular weight is 211 g/mol. The molecule has 0 aliphatic rings. The largest absolute Gasteiger partial charge is 0.493 e. The van der Waals surface area contributed by atoms with Crippen LogP contribution in [-0.4, -0.2) is 28.3 Å². The first-order chi connectivity index (χ1) is 7.19. The lowest BCUT2D eigenvalue weighted by Gasteiger charge is -2.15. The molecule has 1 rings (SSSR count). The molecule has 1 aromatic rings. The van der Waals surface area contributed by atoms with Crippen LogP contribution in [0.5, 0.6) is 11.5 Å². The van der Waals surface area contributed by atoms with Gasteiger partial charge in [0.2, 0.25) is 0 Å². The molecule has 0 N–H and O–H groups in total. The summed E-state index contributed by atoms with van der Waals surface area (Å²) in [5.41, 5.74) is 1.10. The number of methoxy groups -OCH3 is 2. The molecule has 0 aliphatic heterocycles. The van der Waals surface area contributed by atoms with Crippen LogP contribution in [0.15, 0.2) is 18.2 Å². The highest BCUT2D eigenvalue weighted by Gasteiger charge is 2.04. The van der Waals surface area contributed by atoms with E-state index in [0.717, 1.165) is 17.2 Å². The Bertz CT molecular complexity index is 285. The zero-order valence-electron chi connectivity index (χ0n) is 10.5. The Hall–Kier alpha value is -1.38. The van der Waals surface area contributed by atoms with Crippen LogP contribution in [0.3, 0.4) is 0 Å². The highest BCUT2D eigenvalue weighted by molar-refractivity contribution is 5.55. The van der Waals surface area contributed by atoms with E-state index >= 15 is 0 Å². The van der Waals surface area contributed by atoms with Crippen LogP contribution in [0.2, 0.25) is 0 Å². The van der Waals surface area contributed by atoms with E-state index < -0.39 is 0 Å². The summed E-state index contributed by atoms with van der Waals surface area (Å²) in [6.45, 7) is 4.00. The van der Waals surface area contributed by atoms with Crippen LogP contribution in [0, 0.1) is 0 Å². The minimum absolute atomic E-state index is 0.758. The number of hydrogen-bond acceptors (Lipinski definition) is 3. The lowest BCUT2D eigenvalue weighted by Crippen LogP contribution is -2.08. The second kappa shape index (κ2) is 6.98. The monoisotopic (exact) mass is 211 g/mol. The SMILES string of the molecule is CC.COc1ccc(N(C)C)cc1OC. The van der Waals surface area contributed by atoms with Gasteiger partial charge in [0.05, 0.1) is 14.2 Å². The van der Waals surface area contributed by atoms with Crippen LogP contribution in [0.4, 0.5) is 5.69 Å². The van der Waals surface area contributed by atoms with Gasteiger partial charge in [0, 0.05) is 25.8 Å². The minimum Gasteiger partial charge on any atom is -0.493 e. The van der Waals surface area contributed by atoms with Crippen molar-refractivity contribution in [3.8, 4) is 11.5 Å². The topological polar surface area (TPSA) is 21.7 Å². The summed E-state index contributed by atoms with van der Waals surface area (Å²) in [6, 6.07) is 5.83. The van der Waals surface area contributed by atoms with Crippen molar-refractivity contribution in [1.29, 1.82) is 0 Å². The van der Waals surface area contributed by atoms with Crippen LogP contribution in [-0.2, 0) is 0 Å². The van der Waals surface area contributed by atoms with Gasteiger partial charge in [0.15, 0.2) is 11.5 Å². The normalized spacial score (nSPS) is 8.67. The fraction of sp³-hybridized carbons (Fsp3) is 0.500. The maximum absolute atomic E-state index is 5.18. The molecule has 86 valence electrons. The van der Waals surface area contributed by atoms with Crippen molar-refractivity contribution in [3.05, 3.63) is 18.2 Å². The quantitative estimate of drug-likeness (QED) is 0.767. The lowest BCUT2D eigenvalue weighted by atomic mass is 10.2. The molecular weight excluding hydrogens is 190 g/mol. The Balaban J connectivity index is 0.000000921. The first-order valence-corrected chi connectivity index (χ1v) is 5.08. The summed E-state index contributed by atoms with van der Waals surface area (Å²) in [5.74, 6) is 1.52. The van der Waals surface area contributed by atoms with Crippen LogP contribution >= 0.6 is 0 Å². The van der Waals surface area contributed by atoms with Crippen molar-refractivity contribution in [3.63, 3.8) is 0 Å². The van der Waals surface area contributed by atoms with Gasteiger partial charge in [-0.15, -0.1) is 0 Å². The third-order valence-corrected chi connectivity index (χ3v) is 1.88. The predicted molar refractivity (Wildman–Crippen MR) is 65.2 cm³/mol. The number of nitrogens with zero attached hydrogens (tertiary/aromatic N) is 1. The Labute approximate surface area is 92.6 Å². The zero-order valence-corrected chi connectivity index (χ0v) is 10.5. The maximum atomic E-state index is 5.18. The summed E-state index contributed by atoms with van der Waals surface area (Å²) in [5, 5.41) is 0. The number of anilines is 1. The van der Waals surface area contributed by atoms with E-state index in [1.807, 2.05) is 51.0 Å². The van der Waals surface area contributed by atoms with E-state index in [2.05, 4.69) is 0 Å². The Morgan fingerprint density at radius 1 is 0.933 bits per heavy atom. The van der Waals surface area contributed by atoms with Gasteiger partial charge in [0.25, 0.3) is 0 Å². The lowest BCUT2D eigenvalue weighted by molar-refractivity contribution is 0.355. The Morgan fingerprint density at radius 2 is 1.47 bits per heavy atom. The van der Waals surface area contributed by atoms with Crippen LogP contribution in [0.1, 0.15) is 13.8 Å². The molecule has 0 saturated carbocycles. The first-order valence-electron chi connectivity index (χ1n) is 5.08. The fourth-order valence-corrected chi connectivity index (χ4v) is 1.10. The Kier molecular flexibility index (Phi) is 6.34. The minimum atomic E-state index is 0.758. The molecule has 15 heavy (non-hydrogen) atoms. The molecule has 0 spiro atoms. The summed E-state index contributed by atoms with van der Waals surface area (Å²) >= 11 is 0. The Morgan fingerprint density at radius 3 is 1.87 bits per heavy atom. The second-order valence-corrected chi connectivity index (χ2v) is 2.93. The maximum Gasteiger partial charge on any atom is 0.162 e. The van der Waals surface area contributed by atoms with Gasteiger partial charge in [-0.2, -0.15) is 0 Å². The fourth-order valence-electron chi connectivity index (χ4n) is 1.10. The number of rotatable bonds is 3. The molecule has 0 aromatic heterocycles.